The number of anilines is 1. The minimum Gasteiger partial charge on any atom is -0.396 e. The van der Waals surface area contributed by atoms with Crippen LogP contribution < -0.4 is 10.9 Å². The fourth-order valence-electron chi connectivity index (χ4n) is 3.10. The van der Waals surface area contributed by atoms with E-state index in [1.807, 2.05) is 30.3 Å². The van der Waals surface area contributed by atoms with E-state index in [1.54, 1.807) is 0 Å². The highest BCUT2D eigenvalue weighted by molar-refractivity contribution is 5.83. The number of nitrogens with one attached hydrogen (secondary N) is 2. The monoisotopic (exact) mass is 272 g/mol. The number of aromatic amines is 1. The minimum absolute atomic E-state index is 0.0253. The molecule has 0 amide bonds. The molecule has 0 aliphatic heterocycles. The highest BCUT2D eigenvalue weighted by Crippen LogP contribution is 2.37. The number of benzene rings is 1. The molecule has 3 rings (SSSR count). The number of aliphatic hydroxyl groups excluding tert-OH is 1. The maximum absolute atomic E-state index is 12.0. The Bertz CT molecular complexity index is 657. The zero-order valence-electron chi connectivity index (χ0n) is 11.5. The van der Waals surface area contributed by atoms with Gasteiger partial charge in [0.2, 0.25) is 0 Å². The van der Waals surface area contributed by atoms with Crippen LogP contribution in [0.3, 0.4) is 0 Å². The zero-order chi connectivity index (χ0) is 14.0. The molecule has 0 atom stereocenters. The molecule has 106 valence electrons. The van der Waals surface area contributed by atoms with Gasteiger partial charge in [0.1, 0.15) is 5.82 Å². The SMILES string of the molecule is O=c1[nH]c(NCC2(CO)CCCC2)cc2ccccc12. The van der Waals surface area contributed by atoms with Crippen LogP contribution >= 0.6 is 0 Å². The predicted molar refractivity (Wildman–Crippen MR) is 81.0 cm³/mol. The zero-order valence-corrected chi connectivity index (χ0v) is 11.5. The summed E-state index contributed by atoms with van der Waals surface area (Å²) in [5, 5.41) is 14.5. The van der Waals surface area contributed by atoms with Crippen LogP contribution in [0.25, 0.3) is 10.8 Å². The number of aliphatic hydroxyl groups is 1. The maximum atomic E-state index is 12.0. The predicted octanol–water partition coefficient (Wildman–Crippen LogP) is 2.49. The topological polar surface area (TPSA) is 65.1 Å². The number of H-pyrrole nitrogens is 1. The smallest absolute Gasteiger partial charge is 0.257 e. The Morgan fingerprint density at radius 1 is 1.25 bits per heavy atom. The molecule has 4 nitrogen and oxygen atoms in total. The Morgan fingerprint density at radius 2 is 2.00 bits per heavy atom. The molecule has 0 radical (unpaired) electrons. The van der Waals surface area contributed by atoms with Gasteiger partial charge in [-0.25, -0.2) is 0 Å². The van der Waals surface area contributed by atoms with E-state index in [0.29, 0.717) is 11.9 Å². The lowest BCUT2D eigenvalue weighted by atomic mass is 9.87. The summed E-state index contributed by atoms with van der Waals surface area (Å²) in [5.41, 5.74) is -0.0993. The van der Waals surface area contributed by atoms with Gasteiger partial charge in [-0.1, -0.05) is 31.0 Å². The average Bonchev–Trinajstić information content (AvgIpc) is 2.95. The second-order valence-electron chi connectivity index (χ2n) is 5.82. The molecule has 0 bridgehead atoms. The molecular formula is C16H20N2O2. The van der Waals surface area contributed by atoms with Crippen LogP contribution in [0.15, 0.2) is 35.1 Å². The van der Waals surface area contributed by atoms with Gasteiger partial charge in [-0.2, -0.15) is 0 Å². The lowest BCUT2D eigenvalue weighted by Gasteiger charge is -2.27. The van der Waals surface area contributed by atoms with Crippen molar-refractivity contribution in [2.24, 2.45) is 5.41 Å². The van der Waals surface area contributed by atoms with Gasteiger partial charge in [0.25, 0.3) is 5.56 Å². The van der Waals surface area contributed by atoms with Gasteiger partial charge < -0.3 is 15.4 Å². The second-order valence-corrected chi connectivity index (χ2v) is 5.82. The summed E-state index contributed by atoms with van der Waals surface area (Å²) in [6, 6.07) is 9.51. The minimum atomic E-state index is -0.0740. The third-order valence-corrected chi connectivity index (χ3v) is 4.41. The van der Waals surface area contributed by atoms with Crippen molar-refractivity contribution < 1.29 is 5.11 Å². The Morgan fingerprint density at radius 3 is 2.75 bits per heavy atom. The molecule has 1 aliphatic carbocycles. The number of fused-ring (bicyclic) bond motifs is 1. The summed E-state index contributed by atoms with van der Waals surface area (Å²) in [7, 11) is 0. The summed E-state index contributed by atoms with van der Waals surface area (Å²) in [6.45, 7) is 0.912. The fraction of sp³-hybridized carbons (Fsp3) is 0.438. The van der Waals surface area contributed by atoms with Crippen LogP contribution in [-0.2, 0) is 0 Å². The fourth-order valence-corrected chi connectivity index (χ4v) is 3.10. The van der Waals surface area contributed by atoms with Crippen LogP contribution in [0, 0.1) is 5.41 Å². The molecule has 0 spiro atoms. The lowest BCUT2D eigenvalue weighted by molar-refractivity contribution is 0.142. The normalized spacial score (nSPS) is 17.4. The summed E-state index contributed by atoms with van der Waals surface area (Å²) < 4.78 is 0. The van der Waals surface area contributed by atoms with Gasteiger partial charge in [0.15, 0.2) is 0 Å². The van der Waals surface area contributed by atoms with Gasteiger partial charge in [0.05, 0.1) is 6.61 Å². The van der Waals surface area contributed by atoms with Crippen molar-refractivity contribution in [1.82, 2.24) is 4.98 Å². The summed E-state index contributed by atoms with van der Waals surface area (Å²) in [5.74, 6) is 0.730. The molecule has 20 heavy (non-hydrogen) atoms. The molecule has 1 heterocycles. The molecular weight excluding hydrogens is 252 g/mol. The number of rotatable bonds is 4. The maximum Gasteiger partial charge on any atom is 0.257 e. The van der Waals surface area contributed by atoms with E-state index in [2.05, 4.69) is 10.3 Å². The van der Waals surface area contributed by atoms with Crippen molar-refractivity contribution in [3.63, 3.8) is 0 Å². The van der Waals surface area contributed by atoms with E-state index < -0.39 is 0 Å². The molecule has 0 unspecified atom stereocenters. The highest BCUT2D eigenvalue weighted by Gasteiger charge is 2.32. The van der Waals surface area contributed by atoms with Crippen molar-refractivity contribution in [2.75, 3.05) is 18.5 Å². The van der Waals surface area contributed by atoms with Crippen molar-refractivity contribution in [3.05, 3.63) is 40.7 Å². The first kappa shape index (κ1) is 13.2. The third-order valence-electron chi connectivity index (χ3n) is 4.41. The highest BCUT2D eigenvalue weighted by atomic mass is 16.3. The van der Waals surface area contributed by atoms with E-state index in [0.717, 1.165) is 24.0 Å². The molecule has 2 aromatic rings. The number of aromatic nitrogens is 1. The third kappa shape index (κ3) is 2.43. The summed E-state index contributed by atoms with van der Waals surface area (Å²) >= 11 is 0. The van der Waals surface area contributed by atoms with Gasteiger partial charge >= 0.3 is 0 Å². The van der Waals surface area contributed by atoms with E-state index in [4.69, 9.17) is 0 Å². The molecule has 1 aromatic heterocycles. The van der Waals surface area contributed by atoms with E-state index in [9.17, 15) is 9.90 Å². The summed E-state index contributed by atoms with van der Waals surface area (Å²) in [6.07, 6.45) is 4.45. The van der Waals surface area contributed by atoms with E-state index in [1.165, 1.54) is 12.8 Å². The second kappa shape index (κ2) is 5.29. The van der Waals surface area contributed by atoms with Crippen molar-refractivity contribution in [2.45, 2.75) is 25.7 Å². The van der Waals surface area contributed by atoms with Gasteiger partial charge in [-0.3, -0.25) is 4.79 Å². The molecule has 0 saturated heterocycles. The number of pyridine rings is 1. The van der Waals surface area contributed by atoms with Crippen molar-refractivity contribution in [1.29, 1.82) is 0 Å². The van der Waals surface area contributed by atoms with Crippen LogP contribution in [0.4, 0.5) is 5.82 Å². The molecule has 1 fully saturated rings. The quantitative estimate of drug-likeness (QED) is 0.801. The average molecular weight is 272 g/mol. The first-order valence-electron chi connectivity index (χ1n) is 7.19. The molecule has 3 N–H and O–H groups in total. The number of hydrogen-bond donors (Lipinski definition) is 3. The largest absolute Gasteiger partial charge is 0.396 e. The Kier molecular flexibility index (Phi) is 3.49. The van der Waals surface area contributed by atoms with Gasteiger partial charge in [0, 0.05) is 17.3 Å². The standard InChI is InChI=1S/C16H20N2O2/c19-11-16(7-3-4-8-16)10-17-14-9-12-5-1-2-6-13(12)15(20)18-14/h1-2,5-6,9,19H,3-4,7-8,10-11H2,(H2,17,18,20). The van der Waals surface area contributed by atoms with Gasteiger partial charge in [-0.15, -0.1) is 0 Å². The summed E-state index contributed by atoms with van der Waals surface area (Å²) in [4.78, 5) is 14.9. The number of hydrogen-bond acceptors (Lipinski definition) is 3. The van der Waals surface area contributed by atoms with Crippen molar-refractivity contribution >= 4 is 16.6 Å². The molecule has 1 saturated carbocycles. The van der Waals surface area contributed by atoms with Crippen LogP contribution in [-0.4, -0.2) is 23.2 Å². The van der Waals surface area contributed by atoms with E-state index >= 15 is 0 Å². The molecule has 1 aliphatic rings. The Labute approximate surface area is 117 Å². The van der Waals surface area contributed by atoms with Crippen molar-refractivity contribution in [3.8, 4) is 0 Å². The Hall–Kier alpha value is -1.81. The van der Waals surface area contributed by atoms with Crippen LogP contribution in [0.1, 0.15) is 25.7 Å². The molecule has 1 aromatic carbocycles. The van der Waals surface area contributed by atoms with Crippen LogP contribution in [0.5, 0.6) is 0 Å². The Balaban J connectivity index is 1.83. The van der Waals surface area contributed by atoms with Crippen LogP contribution in [0.2, 0.25) is 0 Å². The molecule has 4 heteroatoms. The first-order chi connectivity index (χ1) is 9.72. The first-order valence-corrected chi connectivity index (χ1v) is 7.19. The van der Waals surface area contributed by atoms with Gasteiger partial charge in [-0.05, 0) is 30.4 Å². The lowest BCUT2D eigenvalue weighted by Crippen LogP contribution is -2.31. The van der Waals surface area contributed by atoms with E-state index in [-0.39, 0.29) is 17.6 Å².